The van der Waals surface area contributed by atoms with Crippen LogP contribution in [0, 0.1) is 10.1 Å². The number of aliphatic carboxylic acids is 1. The molecule has 0 aliphatic rings. The van der Waals surface area contributed by atoms with Crippen LogP contribution in [0.4, 0.5) is 11.4 Å². The van der Waals surface area contributed by atoms with Crippen LogP contribution >= 0.6 is 15.9 Å². The normalized spacial score (nSPS) is 9.67. The van der Waals surface area contributed by atoms with E-state index in [1.807, 2.05) is 0 Å². The van der Waals surface area contributed by atoms with Gasteiger partial charge in [-0.15, -0.1) is 0 Å². The molecule has 15 heavy (non-hydrogen) atoms. The zero-order chi connectivity index (χ0) is 11.4. The SMILES string of the molecule is O=C(O)CNc1cccc(Br)c1[N+](=O)[O-]. The van der Waals surface area contributed by atoms with E-state index < -0.39 is 10.9 Å². The Morgan fingerprint density at radius 2 is 2.27 bits per heavy atom. The van der Waals surface area contributed by atoms with Gasteiger partial charge in [-0.1, -0.05) is 6.07 Å². The molecular formula is C8H7BrN2O4. The van der Waals surface area contributed by atoms with Gasteiger partial charge in [-0.3, -0.25) is 14.9 Å². The molecule has 2 N–H and O–H groups in total. The first-order chi connectivity index (χ1) is 7.02. The monoisotopic (exact) mass is 274 g/mol. The van der Waals surface area contributed by atoms with Gasteiger partial charge in [0.1, 0.15) is 12.2 Å². The maximum Gasteiger partial charge on any atom is 0.322 e. The van der Waals surface area contributed by atoms with Crippen LogP contribution in [-0.4, -0.2) is 22.5 Å². The fourth-order valence-electron chi connectivity index (χ4n) is 1.01. The lowest BCUT2D eigenvalue weighted by molar-refractivity contribution is -0.384. The highest BCUT2D eigenvalue weighted by Gasteiger charge is 2.17. The van der Waals surface area contributed by atoms with Crippen molar-refractivity contribution in [2.75, 3.05) is 11.9 Å². The van der Waals surface area contributed by atoms with Gasteiger partial charge < -0.3 is 10.4 Å². The summed E-state index contributed by atoms with van der Waals surface area (Å²) in [6, 6.07) is 4.55. The Bertz CT molecular complexity index is 408. The number of para-hydroxylation sites is 1. The maximum atomic E-state index is 10.7. The largest absolute Gasteiger partial charge is 0.480 e. The van der Waals surface area contributed by atoms with Crippen molar-refractivity contribution in [1.29, 1.82) is 0 Å². The Kier molecular flexibility index (Phi) is 3.62. The Labute approximate surface area is 93.2 Å². The van der Waals surface area contributed by atoms with E-state index in [0.29, 0.717) is 4.47 Å². The van der Waals surface area contributed by atoms with E-state index in [9.17, 15) is 14.9 Å². The predicted octanol–water partition coefficient (Wildman–Crippen LogP) is 1.85. The molecule has 0 radical (unpaired) electrons. The quantitative estimate of drug-likeness (QED) is 0.646. The van der Waals surface area contributed by atoms with Gasteiger partial charge in [0.15, 0.2) is 0 Å². The van der Waals surface area contributed by atoms with Gasteiger partial charge in [-0.2, -0.15) is 0 Å². The molecule has 0 aliphatic carbocycles. The molecule has 0 aromatic heterocycles. The molecule has 1 aromatic rings. The van der Waals surface area contributed by atoms with Crippen LogP contribution in [0.3, 0.4) is 0 Å². The summed E-state index contributed by atoms with van der Waals surface area (Å²) in [5.74, 6) is -1.08. The first-order valence-corrected chi connectivity index (χ1v) is 4.70. The van der Waals surface area contributed by atoms with Gasteiger partial charge in [0.05, 0.1) is 9.40 Å². The predicted molar refractivity (Wildman–Crippen MR) is 56.9 cm³/mol. The fraction of sp³-hybridized carbons (Fsp3) is 0.125. The topological polar surface area (TPSA) is 92.5 Å². The summed E-state index contributed by atoms with van der Waals surface area (Å²) in [5.41, 5.74) is 0.00975. The third kappa shape index (κ3) is 2.91. The zero-order valence-corrected chi connectivity index (χ0v) is 9.02. The highest BCUT2D eigenvalue weighted by molar-refractivity contribution is 9.10. The van der Waals surface area contributed by atoms with Crippen LogP contribution in [0.1, 0.15) is 0 Å². The van der Waals surface area contributed by atoms with Crippen molar-refractivity contribution in [3.05, 3.63) is 32.8 Å². The van der Waals surface area contributed by atoms with Gasteiger partial charge in [-0.25, -0.2) is 0 Å². The minimum Gasteiger partial charge on any atom is -0.480 e. The number of carbonyl (C=O) groups is 1. The average Bonchev–Trinajstić information content (AvgIpc) is 2.13. The van der Waals surface area contributed by atoms with Crippen LogP contribution in [0.25, 0.3) is 0 Å². The Balaban J connectivity index is 3.01. The minimum atomic E-state index is -1.08. The summed E-state index contributed by atoms with van der Waals surface area (Å²) in [5, 5.41) is 21.6. The Morgan fingerprint density at radius 1 is 1.60 bits per heavy atom. The van der Waals surface area contributed by atoms with Gasteiger partial charge in [0.25, 0.3) is 0 Å². The molecule has 7 heteroatoms. The molecule has 1 aromatic carbocycles. The number of halogens is 1. The summed E-state index contributed by atoms with van der Waals surface area (Å²) in [7, 11) is 0. The van der Waals surface area contributed by atoms with Crippen molar-refractivity contribution in [3.8, 4) is 0 Å². The zero-order valence-electron chi connectivity index (χ0n) is 7.44. The number of benzene rings is 1. The number of carboxylic acids is 1. The highest BCUT2D eigenvalue weighted by Crippen LogP contribution is 2.32. The molecule has 1 rings (SSSR count). The van der Waals surface area contributed by atoms with Crippen molar-refractivity contribution in [1.82, 2.24) is 0 Å². The number of nitro benzene ring substituents is 1. The highest BCUT2D eigenvalue weighted by atomic mass is 79.9. The second-order valence-corrected chi connectivity index (χ2v) is 3.49. The van der Waals surface area contributed by atoms with E-state index in [-0.39, 0.29) is 17.9 Å². The molecular weight excluding hydrogens is 268 g/mol. The standard InChI is InChI=1S/C8H7BrN2O4/c9-5-2-1-3-6(8(5)11(14)15)10-4-7(12)13/h1-3,10H,4H2,(H,12,13). The molecule has 0 atom stereocenters. The van der Waals surface area contributed by atoms with E-state index in [0.717, 1.165) is 0 Å². The summed E-state index contributed by atoms with van der Waals surface area (Å²) < 4.78 is 0.308. The molecule has 0 aliphatic heterocycles. The smallest absolute Gasteiger partial charge is 0.322 e. The van der Waals surface area contributed by atoms with Gasteiger partial charge in [-0.05, 0) is 28.1 Å². The summed E-state index contributed by atoms with van der Waals surface area (Å²) in [6.07, 6.45) is 0. The summed E-state index contributed by atoms with van der Waals surface area (Å²) >= 11 is 3.03. The fourth-order valence-corrected chi connectivity index (χ4v) is 1.53. The number of hydrogen-bond acceptors (Lipinski definition) is 4. The van der Waals surface area contributed by atoms with Gasteiger partial charge >= 0.3 is 11.7 Å². The van der Waals surface area contributed by atoms with E-state index in [1.54, 1.807) is 6.07 Å². The lowest BCUT2D eigenvalue weighted by Crippen LogP contribution is -2.13. The molecule has 0 unspecified atom stereocenters. The number of carboxylic acid groups (broad SMARTS) is 1. The molecule has 6 nitrogen and oxygen atoms in total. The molecule has 0 saturated carbocycles. The maximum absolute atomic E-state index is 10.7. The van der Waals surface area contributed by atoms with Gasteiger partial charge in [0.2, 0.25) is 0 Å². The van der Waals surface area contributed by atoms with E-state index in [4.69, 9.17) is 5.11 Å². The number of hydrogen-bond donors (Lipinski definition) is 2. The van der Waals surface area contributed by atoms with Crippen LogP contribution in [0.2, 0.25) is 0 Å². The third-order valence-corrected chi connectivity index (χ3v) is 2.24. The third-order valence-electron chi connectivity index (χ3n) is 1.60. The van der Waals surface area contributed by atoms with Gasteiger partial charge in [0, 0.05) is 0 Å². The summed E-state index contributed by atoms with van der Waals surface area (Å²) in [4.78, 5) is 20.4. The lowest BCUT2D eigenvalue weighted by Gasteiger charge is -2.05. The van der Waals surface area contributed by atoms with E-state index in [2.05, 4.69) is 21.2 Å². The van der Waals surface area contributed by atoms with Crippen LogP contribution in [-0.2, 0) is 4.79 Å². The van der Waals surface area contributed by atoms with E-state index >= 15 is 0 Å². The van der Waals surface area contributed by atoms with E-state index in [1.165, 1.54) is 12.1 Å². The first-order valence-electron chi connectivity index (χ1n) is 3.91. The molecule has 0 saturated heterocycles. The van der Waals surface area contributed by atoms with Crippen molar-refractivity contribution in [2.24, 2.45) is 0 Å². The van der Waals surface area contributed by atoms with Crippen molar-refractivity contribution >= 4 is 33.3 Å². The Hall–Kier alpha value is -1.63. The average molecular weight is 275 g/mol. The number of anilines is 1. The van der Waals surface area contributed by atoms with Crippen LogP contribution in [0.15, 0.2) is 22.7 Å². The molecule has 0 fully saturated rings. The molecule has 0 spiro atoms. The molecule has 80 valence electrons. The molecule has 0 amide bonds. The summed E-state index contributed by atoms with van der Waals surface area (Å²) in [6.45, 7) is -0.364. The second-order valence-electron chi connectivity index (χ2n) is 2.64. The van der Waals surface area contributed by atoms with Crippen molar-refractivity contribution in [3.63, 3.8) is 0 Å². The molecule has 0 bridgehead atoms. The van der Waals surface area contributed by atoms with Crippen LogP contribution < -0.4 is 5.32 Å². The number of nitrogens with zero attached hydrogens (tertiary/aromatic N) is 1. The lowest BCUT2D eigenvalue weighted by atomic mass is 10.2. The number of rotatable bonds is 4. The second kappa shape index (κ2) is 4.74. The number of nitrogens with one attached hydrogen (secondary N) is 1. The minimum absolute atomic E-state index is 0.168. The Morgan fingerprint density at radius 3 is 2.80 bits per heavy atom. The first kappa shape index (κ1) is 11.4. The van der Waals surface area contributed by atoms with Crippen molar-refractivity contribution in [2.45, 2.75) is 0 Å². The number of nitro groups is 1. The van der Waals surface area contributed by atoms with Crippen LogP contribution in [0.5, 0.6) is 0 Å². The van der Waals surface area contributed by atoms with Crippen molar-refractivity contribution < 1.29 is 14.8 Å². The molecule has 0 heterocycles.